The number of likely N-dealkylation sites (tertiary alicyclic amines) is 1. The highest BCUT2D eigenvalue weighted by Crippen LogP contribution is 2.22. The lowest BCUT2D eigenvalue weighted by atomic mass is 10.1. The lowest BCUT2D eigenvalue weighted by molar-refractivity contribution is 0.0697. The molecule has 1 saturated heterocycles. The van der Waals surface area contributed by atoms with Crippen molar-refractivity contribution in [3.63, 3.8) is 0 Å². The number of nitrogens with zero attached hydrogens (tertiary/aromatic N) is 2. The molecule has 1 aliphatic rings. The minimum atomic E-state index is 0.144. The molecule has 4 nitrogen and oxygen atoms in total. The molecule has 0 aromatic carbocycles. The number of aromatic nitrogens is 1. The van der Waals surface area contributed by atoms with Gasteiger partial charge in [-0.3, -0.25) is 4.79 Å². The third-order valence-corrected chi connectivity index (χ3v) is 4.25. The largest absolute Gasteiger partial charge is 0.373 e. The first kappa shape index (κ1) is 15.8. The highest BCUT2D eigenvalue weighted by molar-refractivity contribution is 5.95. The van der Waals surface area contributed by atoms with E-state index in [1.165, 1.54) is 12.8 Å². The van der Waals surface area contributed by atoms with Crippen LogP contribution in [0.1, 0.15) is 68.4 Å². The Hall–Kier alpha value is -1.58. The van der Waals surface area contributed by atoms with Crippen molar-refractivity contribution in [3.05, 3.63) is 23.4 Å². The van der Waals surface area contributed by atoms with E-state index in [0.29, 0.717) is 12.0 Å². The first-order chi connectivity index (χ1) is 10.0. The predicted molar refractivity (Wildman–Crippen MR) is 86.8 cm³/mol. The molecule has 1 amide bonds. The Labute approximate surface area is 127 Å². The molecule has 1 aromatic heterocycles. The van der Waals surface area contributed by atoms with E-state index >= 15 is 0 Å². The number of nitrogens with one attached hydrogen (secondary N) is 1. The fraction of sp³-hybridized carbons (Fsp3) is 0.647. The number of hydrogen-bond donors (Lipinski definition) is 1. The van der Waals surface area contributed by atoms with Gasteiger partial charge in [-0.15, -0.1) is 0 Å². The average Bonchev–Trinajstić information content (AvgIpc) is 2.70. The molecule has 116 valence electrons. The van der Waals surface area contributed by atoms with Crippen LogP contribution in [-0.2, 0) is 0 Å². The molecule has 1 aromatic rings. The molecule has 21 heavy (non-hydrogen) atoms. The van der Waals surface area contributed by atoms with Gasteiger partial charge >= 0.3 is 0 Å². The zero-order valence-electron chi connectivity index (χ0n) is 13.6. The number of anilines is 1. The molecule has 1 fully saturated rings. The van der Waals surface area contributed by atoms with Crippen LogP contribution in [0.2, 0.25) is 0 Å². The van der Waals surface area contributed by atoms with Crippen molar-refractivity contribution in [2.24, 2.45) is 0 Å². The van der Waals surface area contributed by atoms with Crippen molar-refractivity contribution in [1.82, 2.24) is 9.88 Å². The number of amides is 1. The maximum Gasteiger partial charge on any atom is 0.254 e. The average molecular weight is 289 g/mol. The molecule has 0 spiro atoms. The minimum absolute atomic E-state index is 0.144. The summed E-state index contributed by atoms with van der Waals surface area (Å²) in [5.74, 6) is 1.23. The zero-order chi connectivity index (χ0) is 15.4. The lowest BCUT2D eigenvalue weighted by Crippen LogP contribution is -2.38. The van der Waals surface area contributed by atoms with Gasteiger partial charge in [0, 0.05) is 30.9 Å². The molecule has 0 aliphatic carbocycles. The molecule has 0 saturated carbocycles. The van der Waals surface area contributed by atoms with Crippen molar-refractivity contribution in [2.45, 2.75) is 58.4 Å². The molecule has 1 atom stereocenters. The van der Waals surface area contributed by atoms with E-state index in [9.17, 15) is 4.79 Å². The van der Waals surface area contributed by atoms with E-state index in [4.69, 9.17) is 0 Å². The summed E-state index contributed by atoms with van der Waals surface area (Å²) in [6.45, 7) is 7.23. The summed E-state index contributed by atoms with van der Waals surface area (Å²) in [4.78, 5) is 19.4. The Morgan fingerprint density at radius 1 is 1.33 bits per heavy atom. The van der Waals surface area contributed by atoms with Crippen molar-refractivity contribution in [1.29, 1.82) is 0 Å². The van der Waals surface area contributed by atoms with Crippen LogP contribution in [0, 0.1) is 0 Å². The number of hydrogen-bond acceptors (Lipinski definition) is 3. The van der Waals surface area contributed by atoms with Gasteiger partial charge in [0.2, 0.25) is 0 Å². The van der Waals surface area contributed by atoms with E-state index < -0.39 is 0 Å². The lowest BCUT2D eigenvalue weighted by Gasteiger charge is -2.27. The maximum absolute atomic E-state index is 12.9. The van der Waals surface area contributed by atoms with Crippen molar-refractivity contribution in [2.75, 3.05) is 18.9 Å². The Morgan fingerprint density at radius 3 is 2.76 bits per heavy atom. The van der Waals surface area contributed by atoms with E-state index in [1.54, 1.807) is 0 Å². The number of pyridine rings is 1. The standard InChI is InChI=1S/C17H27N3O/c1-12(2)15-10-14(11-16(18-4)19-15)17(21)20-9-7-5-6-8-13(20)3/h10-13H,5-9H2,1-4H3,(H,18,19). The second-order valence-electron chi connectivity index (χ2n) is 6.27. The van der Waals surface area contributed by atoms with Gasteiger partial charge in [-0.25, -0.2) is 4.98 Å². The molecule has 1 unspecified atom stereocenters. The summed E-state index contributed by atoms with van der Waals surface area (Å²) in [5.41, 5.74) is 1.72. The van der Waals surface area contributed by atoms with Crippen molar-refractivity contribution >= 4 is 11.7 Å². The molecule has 0 bridgehead atoms. The van der Waals surface area contributed by atoms with Gasteiger partial charge in [0.25, 0.3) is 5.91 Å². The van der Waals surface area contributed by atoms with Gasteiger partial charge in [-0.05, 0) is 37.8 Å². The maximum atomic E-state index is 12.9. The van der Waals surface area contributed by atoms with Crippen LogP contribution in [-0.4, -0.2) is 35.4 Å². The summed E-state index contributed by atoms with van der Waals surface area (Å²) in [6.07, 6.45) is 4.66. The highest BCUT2D eigenvalue weighted by Gasteiger charge is 2.24. The quantitative estimate of drug-likeness (QED) is 0.923. The fourth-order valence-electron chi connectivity index (χ4n) is 2.84. The van der Waals surface area contributed by atoms with Gasteiger partial charge < -0.3 is 10.2 Å². The van der Waals surface area contributed by atoms with Gasteiger partial charge in [0.05, 0.1) is 0 Å². The molecule has 1 aliphatic heterocycles. The van der Waals surface area contributed by atoms with Crippen LogP contribution in [0.3, 0.4) is 0 Å². The molecule has 2 heterocycles. The van der Waals surface area contributed by atoms with Crippen molar-refractivity contribution in [3.8, 4) is 0 Å². The van der Waals surface area contributed by atoms with Gasteiger partial charge in [-0.2, -0.15) is 0 Å². The number of carbonyl (C=O) groups excluding carboxylic acids is 1. The predicted octanol–water partition coefficient (Wildman–Crippen LogP) is 3.65. The van der Waals surface area contributed by atoms with Crippen LogP contribution >= 0.6 is 0 Å². The first-order valence-corrected chi connectivity index (χ1v) is 8.03. The van der Waals surface area contributed by atoms with E-state index in [2.05, 4.69) is 31.1 Å². The highest BCUT2D eigenvalue weighted by atomic mass is 16.2. The van der Waals surface area contributed by atoms with E-state index in [1.807, 2.05) is 24.1 Å². The molecule has 0 radical (unpaired) electrons. The molecule has 2 rings (SSSR count). The van der Waals surface area contributed by atoms with Crippen LogP contribution < -0.4 is 5.32 Å². The second-order valence-corrected chi connectivity index (χ2v) is 6.27. The van der Waals surface area contributed by atoms with Gasteiger partial charge in [0.1, 0.15) is 5.82 Å². The second kappa shape index (κ2) is 6.92. The van der Waals surface area contributed by atoms with Crippen LogP contribution in [0.4, 0.5) is 5.82 Å². The van der Waals surface area contributed by atoms with Crippen LogP contribution in [0.15, 0.2) is 12.1 Å². The van der Waals surface area contributed by atoms with E-state index in [-0.39, 0.29) is 5.91 Å². The minimum Gasteiger partial charge on any atom is -0.373 e. The fourth-order valence-corrected chi connectivity index (χ4v) is 2.84. The molecule has 1 N–H and O–H groups in total. The monoisotopic (exact) mass is 289 g/mol. The third kappa shape index (κ3) is 3.74. The molecule has 4 heteroatoms. The topological polar surface area (TPSA) is 45.2 Å². The van der Waals surface area contributed by atoms with Crippen molar-refractivity contribution < 1.29 is 4.79 Å². The summed E-state index contributed by atoms with van der Waals surface area (Å²) in [6, 6.07) is 4.14. The summed E-state index contributed by atoms with van der Waals surface area (Å²) in [5, 5.41) is 3.06. The van der Waals surface area contributed by atoms with Gasteiger partial charge in [-0.1, -0.05) is 26.7 Å². The number of carbonyl (C=O) groups is 1. The normalized spacial score (nSPS) is 19.5. The number of rotatable bonds is 3. The van der Waals surface area contributed by atoms with Crippen LogP contribution in [0.25, 0.3) is 0 Å². The summed E-state index contributed by atoms with van der Waals surface area (Å²) >= 11 is 0. The third-order valence-electron chi connectivity index (χ3n) is 4.25. The Bertz CT molecular complexity index is 499. The molecular weight excluding hydrogens is 262 g/mol. The first-order valence-electron chi connectivity index (χ1n) is 8.03. The summed E-state index contributed by atoms with van der Waals surface area (Å²) in [7, 11) is 1.84. The Balaban J connectivity index is 2.30. The van der Waals surface area contributed by atoms with E-state index in [0.717, 1.165) is 36.5 Å². The smallest absolute Gasteiger partial charge is 0.254 e. The van der Waals surface area contributed by atoms with Gasteiger partial charge in [0.15, 0.2) is 0 Å². The SMILES string of the molecule is CNc1cc(C(=O)N2CCCCCC2C)cc(C(C)C)n1. The molecular formula is C17H27N3O. The van der Waals surface area contributed by atoms with Crippen LogP contribution in [0.5, 0.6) is 0 Å². The zero-order valence-corrected chi connectivity index (χ0v) is 13.6. The Morgan fingerprint density at radius 2 is 2.10 bits per heavy atom. The summed E-state index contributed by atoms with van der Waals surface area (Å²) < 4.78 is 0. The Kier molecular flexibility index (Phi) is 5.21.